The van der Waals surface area contributed by atoms with E-state index in [9.17, 15) is 36.8 Å². The van der Waals surface area contributed by atoms with Crippen molar-refractivity contribution in [2.75, 3.05) is 11.6 Å². The standard InChI is InChI=1S/C19H13F8N5OS2/c1-34(33,30-10-28)9-11-4-13(7-14(5-11)35(23,24,25,26)27)31-19-29-8-17(22)18(32-19)15-3-2-12(20)6-16(15)21/h2-8H,9H2,1H3,(H,29,31,32)/t34-/m0/s1. The minimum atomic E-state index is -10.2. The molecular weight excluding hydrogens is 530 g/mol. The lowest BCUT2D eigenvalue weighted by Gasteiger charge is -2.41. The number of aromatic nitrogens is 2. The van der Waals surface area contributed by atoms with Gasteiger partial charge in [0.1, 0.15) is 22.2 Å². The maximum Gasteiger partial charge on any atom is 0.310 e. The summed E-state index contributed by atoms with van der Waals surface area (Å²) in [5.41, 5.74) is -2.36. The van der Waals surface area contributed by atoms with Gasteiger partial charge in [0.25, 0.3) is 0 Å². The molecule has 0 amide bonds. The van der Waals surface area contributed by atoms with Gasteiger partial charge in [-0.2, -0.15) is 5.26 Å². The van der Waals surface area contributed by atoms with Gasteiger partial charge in [-0.15, -0.1) is 4.36 Å². The number of nitrogens with zero attached hydrogens (tertiary/aromatic N) is 4. The molecule has 0 saturated carbocycles. The Labute approximate surface area is 193 Å². The van der Waals surface area contributed by atoms with Gasteiger partial charge in [0, 0.05) is 23.6 Å². The molecule has 35 heavy (non-hydrogen) atoms. The van der Waals surface area contributed by atoms with Crippen molar-refractivity contribution >= 4 is 31.6 Å². The van der Waals surface area contributed by atoms with Crippen LogP contribution in [-0.2, 0) is 15.5 Å². The second-order valence-electron chi connectivity index (χ2n) is 7.27. The molecule has 0 aliphatic carbocycles. The Morgan fingerprint density at radius 1 is 1.06 bits per heavy atom. The summed E-state index contributed by atoms with van der Waals surface area (Å²) in [5.74, 6) is -4.72. The van der Waals surface area contributed by atoms with Crippen LogP contribution >= 0.6 is 10.2 Å². The van der Waals surface area contributed by atoms with Gasteiger partial charge in [-0.25, -0.2) is 27.3 Å². The minimum absolute atomic E-state index is 0.0365. The summed E-state index contributed by atoms with van der Waals surface area (Å²) in [6.07, 6.45) is 2.72. The number of nitriles is 1. The molecule has 1 heterocycles. The van der Waals surface area contributed by atoms with Crippen molar-refractivity contribution in [2.24, 2.45) is 4.36 Å². The lowest BCUT2D eigenvalue weighted by molar-refractivity contribution is 0.364. The summed E-state index contributed by atoms with van der Waals surface area (Å²) in [6, 6.07) is 3.13. The van der Waals surface area contributed by atoms with Crippen molar-refractivity contribution in [1.29, 1.82) is 5.26 Å². The number of hydrogen-bond donors (Lipinski definition) is 1. The average Bonchev–Trinajstić information content (AvgIpc) is 2.67. The third-order valence-electron chi connectivity index (χ3n) is 4.27. The Morgan fingerprint density at radius 2 is 1.74 bits per heavy atom. The zero-order valence-corrected chi connectivity index (χ0v) is 18.9. The number of nitrogens with one attached hydrogen (secondary N) is 1. The first-order chi connectivity index (χ1) is 15.9. The number of anilines is 2. The fourth-order valence-corrected chi connectivity index (χ4v) is 4.64. The van der Waals surface area contributed by atoms with Crippen LogP contribution < -0.4 is 5.32 Å². The van der Waals surface area contributed by atoms with E-state index in [4.69, 9.17) is 5.26 Å². The van der Waals surface area contributed by atoms with E-state index in [1.54, 1.807) is 0 Å². The van der Waals surface area contributed by atoms with Gasteiger partial charge in [-0.1, -0.05) is 19.4 Å². The van der Waals surface area contributed by atoms with Crippen LogP contribution in [0.15, 0.2) is 51.9 Å². The maximum atomic E-state index is 14.2. The molecule has 0 spiro atoms. The summed E-state index contributed by atoms with van der Waals surface area (Å²) in [5, 5.41) is 10.8. The average molecular weight is 543 g/mol. The van der Waals surface area contributed by atoms with E-state index < -0.39 is 76.5 Å². The largest absolute Gasteiger partial charge is 0.324 e. The van der Waals surface area contributed by atoms with Crippen LogP contribution in [0.25, 0.3) is 11.3 Å². The van der Waals surface area contributed by atoms with Crippen LogP contribution in [-0.4, -0.2) is 20.4 Å². The summed E-state index contributed by atoms with van der Waals surface area (Å²) >= 11 is 0. The molecule has 1 N–H and O–H groups in total. The number of halogens is 8. The molecular formula is C19H13F8N5OS2. The van der Waals surface area contributed by atoms with Crippen LogP contribution in [0.2, 0.25) is 0 Å². The van der Waals surface area contributed by atoms with Crippen molar-refractivity contribution in [2.45, 2.75) is 10.6 Å². The zero-order chi connectivity index (χ0) is 26.3. The molecule has 0 saturated heterocycles. The fraction of sp³-hybridized carbons (Fsp3) is 0.105. The van der Waals surface area contributed by atoms with Crippen LogP contribution in [0.5, 0.6) is 0 Å². The van der Waals surface area contributed by atoms with Gasteiger partial charge in [-0.05, 0) is 35.9 Å². The van der Waals surface area contributed by atoms with E-state index in [-0.39, 0.29) is 12.1 Å². The molecule has 6 nitrogen and oxygen atoms in total. The normalized spacial score (nSPS) is 15.3. The first kappa shape index (κ1) is 26.2. The first-order valence-electron chi connectivity index (χ1n) is 9.08. The van der Waals surface area contributed by atoms with Crippen molar-refractivity contribution < 1.29 is 36.8 Å². The van der Waals surface area contributed by atoms with Gasteiger partial charge in [0.05, 0.1) is 21.7 Å². The highest BCUT2D eigenvalue weighted by Gasteiger charge is 2.65. The van der Waals surface area contributed by atoms with Crippen LogP contribution in [0, 0.1) is 28.9 Å². The van der Waals surface area contributed by atoms with E-state index >= 15 is 0 Å². The minimum Gasteiger partial charge on any atom is -0.324 e. The van der Waals surface area contributed by atoms with Gasteiger partial charge in [0.15, 0.2) is 5.82 Å². The molecule has 0 bridgehead atoms. The van der Waals surface area contributed by atoms with E-state index in [2.05, 4.69) is 19.6 Å². The van der Waals surface area contributed by atoms with Crippen molar-refractivity contribution in [3.63, 3.8) is 0 Å². The third-order valence-corrected chi connectivity index (χ3v) is 6.73. The van der Waals surface area contributed by atoms with E-state index in [0.29, 0.717) is 12.3 Å². The van der Waals surface area contributed by atoms with Gasteiger partial charge < -0.3 is 5.32 Å². The summed E-state index contributed by atoms with van der Waals surface area (Å²) < 4.78 is 124. The highest BCUT2D eigenvalue weighted by molar-refractivity contribution is 8.45. The Bertz CT molecular complexity index is 1500. The molecule has 3 rings (SSSR count). The summed E-state index contributed by atoms with van der Waals surface area (Å²) in [7, 11) is -13.6. The lowest BCUT2D eigenvalue weighted by atomic mass is 10.1. The number of benzene rings is 2. The molecule has 1 aromatic heterocycles. The Morgan fingerprint density at radius 3 is 2.34 bits per heavy atom. The van der Waals surface area contributed by atoms with Crippen molar-refractivity contribution in [3.8, 4) is 17.5 Å². The second-order valence-corrected chi connectivity index (χ2v) is 12.1. The molecule has 3 aromatic rings. The quantitative estimate of drug-likeness (QED) is 0.266. The van der Waals surface area contributed by atoms with Gasteiger partial charge in [-0.3, -0.25) is 0 Å². The lowest BCUT2D eigenvalue weighted by Crippen LogP contribution is -2.10. The molecule has 0 radical (unpaired) electrons. The molecule has 2 aromatic carbocycles. The van der Waals surface area contributed by atoms with Gasteiger partial charge >= 0.3 is 10.2 Å². The monoisotopic (exact) mass is 543 g/mol. The fourth-order valence-electron chi connectivity index (χ4n) is 2.89. The predicted octanol–water partition coefficient (Wildman–Crippen LogP) is 7.04. The second kappa shape index (κ2) is 8.05. The molecule has 0 fully saturated rings. The third kappa shape index (κ3) is 6.57. The van der Waals surface area contributed by atoms with Gasteiger partial charge in [0.2, 0.25) is 12.1 Å². The predicted molar refractivity (Wildman–Crippen MR) is 114 cm³/mol. The first-order valence-corrected chi connectivity index (χ1v) is 13.1. The van der Waals surface area contributed by atoms with Crippen LogP contribution in [0.1, 0.15) is 5.56 Å². The molecule has 0 aliphatic rings. The molecule has 1 atom stereocenters. The van der Waals surface area contributed by atoms with Crippen LogP contribution in [0.4, 0.5) is 44.2 Å². The Kier molecular flexibility index (Phi) is 6.02. The Hall–Kier alpha value is -3.45. The van der Waals surface area contributed by atoms with E-state index in [1.165, 1.54) is 6.19 Å². The van der Waals surface area contributed by atoms with Crippen molar-refractivity contribution in [1.82, 2.24) is 9.97 Å². The van der Waals surface area contributed by atoms with Crippen LogP contribution in [0.3, 0.4) is 0 Å². The summed E-state index contributed by atoms with van der Waals surface area (Å²) in [6.45, 7) is 0. The highest BCUT2D eigenvalue weighted by Crippen LogP contribution is 3.02. The molecule has 0 unspecified atom stereocenters. The zero-order valence-electron chi connectivity index (χ0n) is 17.3. The molecule has 16 heteroatoms. The highest BCUT2D eigenvalue weighted by atomic mass is 32.5. The smallest absolute Gasteiger partial charge is 0.310 e. The van der Waals surface area contributed by atoms with E-state index in [1.807, 2.05) is 0 Å². The van der Waals surface area contributed by atoms with Crippen molar-refractivity contribution in [3.05, 3.63) is 65.6 Å². The molecule has 188 valence electrons. The van der Waals surface area contributed by atoms with E-state index in [0.717, 1.165) is 24.5 Å². The topological polar surface area (TPSA) is 91.0 Å². The number of hydrogen-bond acceptors (Lipinski definition) is 6. The Balaban J connectivity index is 2.12. The molecule has 0 aliphatic heterocycles. The summed E-state index contributed by atoms with van der Waals surface area (Å²) in [4.78, 5) is 4.80. The SMILES string of the molecule is C[S@](=O)(Cc1cc(Nc2ncc(F)c(-c3ccc(F)cc3F)n2)cc(S(F)(F)(F)(F)F)c1)=NC#N. The number of rotatable bonds is 6. The maximum absolute atomic E-state index is 14.2.